The molecule has 2 rings (SSSR count). The fourth-order valence-electron chi connectivity index (χ4n) is 2.15. The Morgan fingerprint density at radius 2 is 2.06 bits per heavy atom. The van der Waals surface area contributed by atoms with Gasteiger partial charge in [0.15, 0.2) is 0 Å². The Hall–Kier alpha value is -2.11. The van der Waals surface area contributed by atoms with Crippen LogP contribution >= 0.6 is 0 Å². The van der Waals surface area contributed by atoms with Gasteiger partial charge in [0.2, 0.25) is 0 Å². The summed E-state index contributed by atoms with van der Waals surface area (Å²) in [6.07, 6.45) is 1.54. The van der Waals surface area contributed by atoms with Crippen LogP contribution in [-0.4, -0.2) is 21.1 Å². The molecule has 1 aliphatic rings. The minimum atomic E-state index is -1.16. The number of non-ortho nitro benzene ring substituents is 1. The van der Waals surface area contributed by atoms with Crippen molar-refractivity contribution in [3.8, 4) is 5.75 Å². The largest absolute Gasteiger partial charge is 0.508 e. The third-order valence-corrected chi connectivity index (χ3v) is 3.32. The molecule has 0 unspecified atom stereocenters. The molecule has 6 heteroatoms. The minimum absolute atomic E-state index is 0.144. The number of carbonyl (C=O) groups is 1. The number of hydrogen-bond acceptors (Lipinski definition) is 4. The zero-order valence-electron chi connectivity index (χ0n) is 8.92. The smallest absolute Gasteiger partial charge is 0.314 e. The van der Waals surface area contributed by atoms with Crippen molar-refractivity contribution in [2.24, 2.45) is 0 Å². The number of benzene rings is 1. The molecule has 0 heterocycles. The monoisotopic (exact) mass is 237 g/mol. The summed E-state index contributed by atoms with van der Waals surface area (Å²) in [6.45, 7) is 0. The Morgan fingerprint density at radius 3 is 2.47 bits per heavy atom. The SMILES string of the molecule is O=C(O)C1(c2cc([N+](=O)[O-])ccc2O)CCC1. The van der Waals surface area contributed by atoms with E-state index < -0.39 is 16.3 Å². The van der Waals surface area contributed by atoms with Crippen molar-refractivity contribution < 1.29 is 19.9 Å². The van der Waals surface area contributed by atoms with Crippen LogP contribution in [0.4, 0.5) is 5.69 Å². The van der Waals surface area contributed by atoms with Crippen molar-refractivity contribution in [1.29, 1.82) is 0 Å². The maximum absolute atomic E-state index is 11.3. The molecule has 0 amide bonds. The molecule has 1 fully saturated rings. The average Bonchev–Trinajstić information content (AvgIpc) is 2.18. The highest BCUT2D eigenvalue weighted by Crippen LogP contribution is 2.47. The number of hydrogen-bond donors (Lipinski definition) is 2. The van der Waals surface area contributed by atoms with Crippen LogP contribution in [0.2, 0.25) is 0 Å². The van der Waals surface area contributed by atoms with E-state index in [1.807, 2.05) is 0 Å². The van der Waals surface area contributed by atoms with E-state index in [-0.39, 0.29) is 17.0 Å². The Kier molecular flexibility index (Phi) is 2.49. The number of nitro groups is 1. The molecule has 0 radical (unpaired) electrons. The van der Waals surface area contributed by atoms with Crippen molar-refractivity contribution >= 4 is 11.7 Å². The summed E-state index contributed by atoms with van der Waals surface area (Å²) >= 11 is 0. The molecule has 1 aromatic carbocycles. The van der Waals surface area contributed by atoms with Crippen molar-refractivity contribution in [3.63, 3.8) is 0 Å². The number of carboxylic acids is 1. The highest BCUT2D eigenvalue weighted by Gasteiger charge is 2.48. The van der Waals surface area contributed by atoms with Gasteiger partial charge in [0.05, 0.1) is 10.3 Å². The van der Waals surface area contributed by atoms with Gasteiger partial charge in [0, 0.05) is 17.7 Å². The van der Waals surface area contributed by atoms with Crippen LogP contribution in [0.15, 0.2) is 18.2 Å². The fraction of sp³-hybridized carbons (Fsp3) is 0.364. The van der Waals surface area contributed by atoms with E-state index in [1.165, 1.54) is 6.07 Å². The van der Waals surface area contributed by atoms with Gasteiger partial charge in [-0.3, -0.25) is 14.9 Å². The van der Waals surface area contributed by atoms with E-state index in [4.69, 9.17) is 0 Å². The van der Waals surface area contributed by atoms with Crippen molar-refractivity contribution in [3.05, 3.63) is 33.9 Å². The predicted molar refractivity (Wildman–Crippen MR) is 57.9 cm³/mol. The van der Waals surface area contributed by atoms with Crippen LogP contribution in [0.3, 0.4) is 0 Å². The second-order valence-electron chi connectivity index (χ2n) is 4.20. The van der Waals surface area contributed by atoms with Crippen LogP contribution < -0.4 is 0 Å². The predicted octanol–water partition coefficient (Wildman–Crippen LogP) is 1.81. The van der Waals surface area contributed by atoms with Gasteiger partial charge >= 0.3 is 5.97 Å². The first-order valence-corrected chi connectivity index (χ1v) is 5.19. The first-order valence-electron chi connectivity index (χ1n) is 5.19. The molecule has 1 aliphatic carbocycles. The average molecular weight is 237 g/mol. The van der Waals surface area contributed by atoms with Gasteiger partial charge in [-0.1, -0.05) is 6.42 Å². The number of aromatic hydroxyl groups is 1. The molecule has 90 valence electrons. The summed E-state index contributed by atoms with van der Waals surface area (Å²) in [6, 6.07) is 3.49. The Labute approximate surface area is 96.7 Å². The molecule has 0 atom stereocenters. The zero-order chi connectivity index (χ0) is 12.6. The highest BCUT2D eigenvalue weighted by molar-refractivity contribution is 5.84. The molecule has 0 aliphatic heterocycles. The molecule has 0 aromatic heterocycles. The van der Waals surface area contributed by atoms with Gasteiger partial charge < -0.3 is 10.2 Å². The van der Waals surface area contributed by atoms with Gasteiger partial charge in [0.25, 0.3) is 5.69 Å². The van der Waals surface area contributed by atoms with E-state index in [2.05, 4.69) is 0 Å². The van der Waals surface area contributed by atoms with Crippen molar-refractivity contribution in [2.75, 3.05) is 0 Å². The molecule has 1 saturated carbocycles. The van der Waals surface area contributed by atoms with Crippen LogP contribution in [-0.2, 0) is 10.2 Å². The lowest BCUT2D eigenvalue weighted by Gasteiger charge is -2.38. The Balaban J connectivity index is 2.54. The van der Waals surface area contributed by atoms with Crippen LogP contribution in [0.25, 0.3) is 0 Å². The molecule has 6 nitrogen and oxygen atoms in total. The van der Waals surface area contributed by atoms with Crippen LogP contribution in [0, 0.1) is 10.1 Å². The summed E-state index contributed by atoms with van der Waals surface area (Å²) in [5.41, 5.74) is -1.22. The van der Waals surface area contributed by atoms with Gasteiger partial charge in [-0.2, -0.15) is 0 Å². The van der Waals surface area contributed by atoms with E-state index >= 15 is 0 Å². The van der Waals surface area contributed by atoms with Gasteiger partial charge in [-0.05, 0) is 18.9 Å². The number of carboxylic acid groups (broad SMARTS) is 1. The maximum Gasteiger partial charge on any atom is 0.314 e. The number of nitro benzene ring substituents is 1. The van der Waals surface area contributed by atoms with E-state index in [1.54, 1.807) is 0 Å². The Bertz CT molecular complexity index is 493. The number of phenolic OH excluding ortho intramolecular Hbond substituents is 1. The normalized spacial score (nSPS) is 17.2. The van der Waals surface area contributed by atoms with E-state index in [0.717, 1.165) is 18.6 Å². The molecule has 1 aromatic rings. The molecule has 0 spiro atoms. The van der Waals surface area contributed by atoms with Crippen LogP contribution in [0.5, 0.6) is 5.75 Å². The van der Waals surface area contributed by atoms with Gasteiger partial charge in [0.1, 0.15) is 5.75 Å². The lowest BCUT2D eigenvalue weighted by Crippen LogP contribution is -2.42. The lowest BCUT2D eigenvalue weighted by atomic mass is 9.64. The van der Waals surface area contributed by atoms with E-state index in [9.17, 15) is 25.1 Å². The molecule has 0 bridgehead atoms. The second-order valence-corrected chi connectivity index (χ2v) is 4.20. The molecule has 0 saturated heterocycles. The first-order chi connectivity index (χ1) is 7.97. The van der Waals surface area contributed by atoms with Crippen molar-refractivity contribution in [2.45, 2.75) is 24.7 Å². The highest BCUT2D eigenvalue weighted by atomic mass is 16.6. The summed E-state index contributed by atoms with van der Waals surface area (Å²) in [5, 5.41) is 29.5. The molecular formula is C11H11NO5. The van der Waals surface area contributed by atoms with E-state index in [0.29, 0.717) is 12.8 Å². The third kappa shape index (κ3) is 1.61. The fourth-order valence-corrected chi connectivity index (χ4v) is 2.15. The first kappa shape index (κ1) is 11.4. The quantitative estimate of drug-likeness (QED) is 0.616. The van der Waals surface area contributed by atoms with Gasteiger partial charge in [-0.25, -0.2) is 0 Å². The molecule has 17 heavy (non-hydrogen) atoms. The number of phenols is 1. The zero-order valence-corrected chi connectivity index (χ0v) is 8.92. The third-order valence-electron chi connectivity index (χ3n) is 3.32. The summed E-state index contributed by atoms with van der Waals surface area (Å²) < 4.78 is 0. The number of nitrogens with zero attached hydrogens (tertiary/aromatic N) is 1. The summed E-state index contributed by atoms with van der Waals surface area (Å²) in [4.78, 5) is 21.3. The number of rotatable bonds is 3. The standard InChI is InChI=1S/C11H11NO5/c13-9-3-2-7(12(16)17)6-8(9)11(10(14)15)4-1-5-11/h2-3,6,13H,1,4-5H2,(H,14,15). The maximum atomic E-state index is 11.3. The summed E-state index contributed by atoms with van der Waals surface area (Å²) in [5.74, 6) is -1.24. The molecule has 2 N–H and O–H groups in total. The van der Waals surface area contributed by atoms with Crippen LogP contribution in [0.1, 0.15) is 24.8 Å². The van der Waals surface area contributed by atoms with Crippen molar-refractivity contribution in [1.82, 2.24) is 0 Å². The topological polar surface area (TPSA) is 101 Å². The van der Waals surface area contributed by atoms with Gasteiger partial charge in [-0.15, -0.1) is 0 Å². The molecular weight excluding hydrogens is 226 g/mol. The Morgan fingerprint density at radius 1 is 1.41 bits per heavy atom. The second kappa shape index (κ2) is 3.73. The number of aliphatic carboxylic acids is 1. The minimum Gasteiger partial charge on any atom is -0.508 e. The lowest BCUT2D eigenvalue weighted by molar-refractivity contribution is -0.385. The summed E-state index contributed by atoms with van der Waals surface area (Å²) in [7, 11) is 0.